The van der Waals surface area contributed by atoms with Crippen LogP contribution in [0.5, 0.6) is 5.75 Å². The maximum absolute atomic E-state index is 13.4. The van der Waals surface area contributed by atoms with Crippen molar-refractivity contribution in [1.29, 1.82) is 0 Å². The molecule has 0 atom stereocenters. The lowest BCUT2D eigenvalue weighted by Crippen LogP contribution is -2.26. The van der Waals surface area contributed by atoms with E-state index >= 15 is 0 Å². The van der Waals surface area contributed by atoms with Gasteiger partial charge in [0, 0.05) is 56.8 Å². The van der Waals surface area contributed by atoms with Gasteiger partial charge < -0.3 is 15.0 Å². The van der Waals surface area contributed by atoms with Gasteiger partial charge in [-0.05, 0) is 79.1 Å². The Morgan fingerprint density at radius 2 is 1.69 bits per heavy atom. The van der Waals surface area contributed by atoms with Crippen LogP contribution in [0.1, 0.15) is 41.6 Å². The molecule has 0 spiro atoms. The number of amides is 1. The van der Waals surface area contributed by atoms with Gasteiger partial charge in [-0.1, -0.05) is 60.8 Å². The molecule has 8 aromatic rings. The van der Waals surface area contributed by atoms with Crippen molar-refractivity contribution in [2.24, 2.45) is 4.99 Å². The van der Waals surface area contributed by atoms with Crippen molar-refractivity contribution in [3.8, 4) is 5.75 Å². The third-order valence-corrected chi connectivity index (χ3v) is 9.87. The summed E-state index contributed by atoms with van der Waals surface area (Å²) in [6, 6.07) is 31.1. The number of H-pyrrole nitrogens is 1. The fourth-order valence-corrected chi connectivity index (χ4v) is 7.20. The van der Waals surface area contributed by atoms with E-state index in [1.165, 1.54) is 10.8 Å². The van der Waals surface area contributed by atoms with Crippen LogP contribution in [-0.2, 0) is 11.2 Å². The van der Waals surface area contributed by atoms with Gasteiger partial charge in [-0.15, -0.1) is 0 Å². The van der Waals surface area contributed by atoms with Crippen LogP contribution in [0, 0.1) is 0 Å². The number of para-hydroxylation sites is 2. The summed E-state index contributed by atoms with van der Waals surface area (Å²) in [7, 11) is 1.60. The number of nitrogens with one attached hydrogen (secondary N) is 2. The number of nitrogens with zero attached hydrogens (tertiary/aromatic N) is 3. The Hall–Kier alpha value is -5.73. The number of methoxy groups -OCH3 is 1. The van der Waals surface area contributed by atoms with Crippen LogP contribution in [0.3, 0.4) is 0 Å². The van der Waals surface area contributed by atoms with Crippen molar-refractivity contribution in [2.75, 3.05) is 20.2 Å². The van der Waals surface area contributed by atoms with E-state index in [-0.39, 0.29) is 18.2 Å². The number of rotatable bonds is 11. The smallest absolute Gasteiger partial charge is 0.262 e. The van der Waals surface area contributed by atoms with Crippen molar-refractivity contribution >= 4 is 77.9 Å². The van der Waals surface area contributed by atoms with E-state index in [1.807, 2.05) is 36.4 Å². The zero-order chi connectivity index (χ0) is 34.9. The monoisotopic (exact) mass is 693 g/mol. The number of hydrogen-bond acceptors (Lipinski definition) is 5. The average Bonchev–Trinajstić information content (AvgIpc) is 3.67. The highest BCUT2D eigenvalue weighted by Gasteiger charge is 2.18. The molecule has 254 valence electrons. The highest BCUT2D eigenvalue weighted by Crippen LogP contribution is 2.36. The SMILES string of the molecule is COc1ccc2c(c1)c(CC(=O)NCCCCCCN=c1ccc3c4[nH]c5ccccc5nc4c4cccc1c43)cn2C(=O)c1ccc(Cl)cc1. The second kappa shape index (κ2) is 13.9. The molecule has 0 radical (unpaired) electrons. The molecule has 0 aliphatic rings. The summed E-state index contributed by atoms with van der Waals surface area (Å²) < 4.78 is 7.02. The standard InChI is InChI=1S/C42H36ClN5O3/c1-51-29-17-20-37-33(24-29)27(25-48(37)42(50)26-13-15-28(43)16-14-26)23-38(49)45-22-7-3-2-6-21-44-34-19-18-32-39-30(34)9-8-10-31(39)40-41(32)47-36-12-5-4-11-35(36)46-40/h4-5,8-20,24-25,47H,2-3,6-7,21-23H2,1H3,(H,45,49). The molecule has 8 rings (SSSR count). The Balaban J connectivity index is 0.870. The molecular formula is C42H36ClN5O3. The highest BCUT2D eigenvalue weighted by molar-refractivity contribution is 6.30. The van der Waals surface area contributed by atoms with E-state index in [1.54, 1.807) is 42.1 Å². The van der Waals surface area contributed by atoms with Gasteiger partial charge in [-0.2, -0.15) is 0 Å². The number of aromatic amines is 1. The third kappa shape index (κ3) is 6.28. The maximum Gasteiger partial charge on any atom is 0.262 e. The van der Waals surface area contributed by atoms with Gasteiger partial charge >= 0.3 is 0 Å². The zero-order valence-electron chi connectivity index (χ0n) is 28.2. The first-order valence-corrected chi connectivity index (χ1v) is 17.7. The van der Waals surface area contributed by atoms with E-state index in [0.717, 1.165) is 86.9 Å². The fourth-order valence-electron chi connectivity index (χ4n) is 7.07. The van der Waals surface area contributed by atoms with Crippen LogP contribution >= 0.6 is 11.6 Å². The van der Waals surface area contributed by atoms with Crippen LogP contribution in [0.15, 0.2) is 108 Å². The zero-order valence-corrected chi connectivity index (χ0v) is 29.0. The lowest BCUT2D eigenvalue weighted by Gasteiger charge is -2.06. The van der Waals surface area contributed by atoms with E-state index in [0.29, 0.717) is 22.9 Å². The molecule has 0 saturated carbocycles. The summed E-state index contributed by atoms with van der Waals surface area (Å²) in [6.07, 6.45) is 5.79. The maximum atomic E-state index is 13.4. The first-order chi connectivity index (χ1) is 25.0. The molecular weight excluding hydrogens is 658 g/mol. The Bertz CT molecular complexity index is 2590. The summed E-state index contributed by atoms with van der Waals surface area (Å²) in [6.45, 7) is 1.34. The summed E-state index contributed by atoms with van der Waals surface area (Å²) in [5.41, 5.74) is 6.04. The number of carbonyl (C=O) groups is 2. The lowest BCUT2D eigenvalue weighted by molar-refractivity contribution is -0.120. The molecule has 9 heteroatoms. The van der Waals surface area contributed by atoms with Gasteiger partial charge in [0.15, 0.2) is 0 Å². The quantitative estimate of drug-likeness (QED) is 0.133. The van der Waals surface area contributed by atoms with E-state index in [2.05, 4.69) is 46.7 Å². The lowest BCUT2D eigenvalue weighted by atomic mass is 10.1. The normalized spacial score (nSPS) is 12.2. The summed E-state index contributed by atoms with van der Waals surface area (Å²) >= 11 is 6.03. The number of unbranched alkanes of at least 4 members (excludes halogenated alkanes) is 3. The van der Waals surface area contributed by atoms with Crippen LogP contribution in [0.25, 0.3) is 54.5 Å². The van der Waals surface area contributed by atoms with E-state index in [9.17, 15) is 9.59 Å². The predicted molar refractivity (Wildman–Crippen MR) is 205 cm³/mol. The molecule has 2 N–H and O–H groups in total. The van der Waals surface area contributed by atoms with Crippen LogP contribution in [0.2, 0.25) is 5.02 Å². The molecule has 0 bridgehead atoms. The Morgan fingerprint density at radius 1 is 0.863 bits per heavy atom. The molecule has 2 aromatic heterocycles. The largest absolute Gasteiger partial charge is 0.497 e. The van der Waals surface area contributed by atoms with Gasteiger partial charge in [0.05, 0.1) is 46.5 Å². The second-order valence-corrected chi connectivity index (χ2v) is 13.3. The van der Waals surface area contributed by atoms with Crippen molar-refractivity contribution in [3.05, 3.63) is 125 Å². The minimum absolute atomic E-state index is 0.0825. The average molecular weight is 694 g/mol. The molecule has 2 heterocycles. The van der Waals surface area contributed by atoms with Gasteiger partial charge in [0.25, 0.3) is 5.91 Å². The molecule has 6 aromatic carbocycles. The van der Waals surface area contributed by atoms with Crippen LogP contribution in [-0.4, -0.2) is 46.5 Å². The topological polar surface area (TPSA) is 101 Å². The molecule has 0 aliphatic carbocycles. The van der Waals surface area contributed by atoms with Crippen molar-refractivity contribution in [2.45, 2.75) is 32.1 Å². The number of halogens is 1. The Kier molecular flexibility index (Phi) is 8.84. The fraction of sp³-hybridized carbons (Fsp3) is 0.190. The van der Waals surface area contributed by atoms with Gasteiger partial charge in [0.2, 0.25) is 5.91 Å². The Labute approximate surface area is 299 Å². The summed E-state index contributed by atoms with van der Waals surface area (Å²) in [5.74, 6) is 0.390. The van der Waals surface area contributed by atoms with Crippen molar-refractivity contribution in [1.82, 2.24) is 19.9 Å². The van der Waals surface area contributed by atoms with Gasteiger partial charge in [-0.25, -0.2) is 4.98 Å². The van der Waals surface area contributed by atoms with Gasteiger partial charge in [0.1, 0.15) is 5.75 Å². The number of ether oxygens (including phenoxy) is 1. The second-order valence-electron chi connectivity index (χ2n) is 12.9. The molecule has 8 nitrogen and oxygen atoms in total. The number of hydrogen-bond donors (Lipinski definition) is 2. The minimum atomic E-state index is -0.191. The predicted octanol–water partition coefficient (Wildman–Crippen LogP) is 8.59. The molecule has 0 fully saturated rings. The van der Waals surface area contributed by atoms with Crippen molar-refractivity contribution < 1.29 is 14.3 Å². The van der Waals surface area contributed by atoms with Crippen LogP contribution < -0.4 is 15.4 Å². The van der Waals surface area contributed by atoms with E-state index < -0.39 is 0 Å². The number of carbonyl (C=O) groups excluding carboxylic acids is 2. The molecule has 0 saturated heterocycles. The molecule has 0 unspecified atom stereocenters. The number of fused-ring (bicyclic) bond motifs is 5. The van der Waals surface area contributed by atoms with Gasteiger partial charge in [-0.3, -0.25) is 19.1 Å². The first-order valence-electron chi connectivity index (χ1n) is 17.3. The Morgan fingerprint density at radius 3 is 2.55 bits per heavy atom. The number of benzene rings is 5. The summed E-state index contributed by atoms with van der Waals surface area (Å²) in [4.78, 5) is 40.0. The molecule has 0 aliphatic heterocycles. The highest BCUT2D eigenvalue weighted by atomic mass is 35.5. The third-order valence-electron chi connectivity index (χ3n) is 9.62. The minimum Gasteiger partial charge on any atom is -0.497 e. The number of aromatic nitrogens is 3. The summed E-state index contributed by atoms with van der Waals surface area (Å²) in [5, 5.41) is 10.1. The molecule has 1 amide bonds. The molecule has 51 heavy (non-hydrogen) atoms. The van der Waals surface area contributed by atoms with Crippen molar-refractivity contribution in [3.63, 3.8) is 0 Å². The van der Waals surface area contributed by atoms with Crippen LogP contribution in [0.4, 0.5) is 0 Å². The first kappa shape index (κ1) is 32.5. The van der Waals surface area contributed by atoms with E-state index in [4.69, 9.17) is 26.3 Å².